The Hall–Kier alpha value is -5.99. The van der Waals surface area contributed by atoms with E-state index in [-0.39, 0.29) is 23.0 Å². The molecule has 0 radical (unpaired) electrons. The third-order valence-electron chi connectivity index (χ3n) is 6.85. The van der Waals surface area contributed by atoms with Crippen LogP contribution in [0.25, 0.3) is 17.3 Å². The number of nitro benzene ring substituents is 1. The van der Waals surface area contributed by atoms with Gasteiger partial charge in [0.25, 0.3) is 17.5 Å². The van der Waals surface area contributed by atoms with Crippen LogP contribution in [0.1, 0.15) is 15.9 Å². The molecular formula is C35H29N5O7S2. The van der Waals surface area contributed by atoms with Gasteiger partial charge >= 0.3 is 0 Å². The van der Waals surface area contributed by atoms with Crippen molar-refractivity contribution < 1.29 is 28.8 Å². The summed E-state index contributed by atoms with van der Waals surface area (Å²) in [5.74, 6) is -0.359. The number of hydrogen-bond acceptors (Lipinski definition) is 10. The monoisotopic (exact) mass is 695 g/mol. The molecule has 0 aliphatic heterocycles. The molecule has 0 aliphatic rings. The van der Waals surface area contributed by atoms with Crippen LogP contribution in [0.4, 0.5) is 16.5 Å². The van der Waals surface area contributed by atoms with Crippen LogP contribution in [-0.4, -0.2) is 47.6 Å². The van der Waals surface area contributed by atoms with Gasteiger partial charge in [0.05, 0.1) is 30.6 Å². The molecule has 4 aromatic carbocycles. The van der Waals surface area contributed by atoms with Gasteiger partial charge in [-0.2, -0.15) is 0 Å². The molecule has 49 heavy (non-hydrogen) atoms. The van der Waals surface area contributed by atoms with Gasteiger partial charge in [-0.15, -0.1) is 23.1 Å². The average molecular weight is 696 g/mol. The lowest BCUT2D eigenvalue weighted by molar-refractivity contribution is -0.384. The highest BCUT2D eigenvalue weighted by atomic mass is 32.2. The maximum atomic E-state index is 13.5. The lowest BCUT2D eigenvalue weighted by Crippen LogP contribution is -2.30. The van der Waals surface area contributed by atoms with Crippen molar-refractivity contribution in [3.05, 3.63) is 129 Å². The summed E-state index contributed by atoms with van der Waals surface area (Å²) in [7, 11) is 2.99. The van der Waals surface area contributed by atoms with E-state index in [1.54, 1.807) is 90.3 Å². The number of thioether (sulfide) groups is 1. The quantitative estimate of drug-likeness (QED) is 0.0516. The molecule has 3 N–H and O–H groups in total. The van der Waals surface area contributed by atoms with Gasteiger partial charge < -0.3 is 25.4 Å². The second-order valence-corrected chi connectivity index (χ2v) is 12.0. The number of para-hydroxylation sites is 1. The molecule has 0 aliphatic carbocycles. The number of benzene rings is 4. The predicted octanol–water partition coefficient (Wildman–Crippen LogP) is 6.88. The Morgan fingerprint density at radius 3 is 2.39 bits per heavy atom. The molecule has 0 saturated heterocycles. The Bertz CT molecular complexity index is 2010. The third-order valence-corrected chi connectivity index (χ3v) is 8.62. The Kier molecular flexibility index (Phi) is 11.4. The number of nitrogens with one attached hydrogen (secondary N) is 3. The minimum atomic E-state index is -0.568. The number of thiazole rings is 1. The maximum Gasteiger partial charge on any atom is 0.272 e. The van der Waals surface area contributed by atoms with Crippen molar-refractivity contribution in [2.24, 2.45) is 0 Å². The normalized spacial score (nSPS) is 10.9. The number of nitrogens with zero attached hydrogens (tertiary/aromatic N) is 2. The smallest absolute Gasteiger partial charge is 0.272 e. The molecule has 0 unspecified atom stereocenters. The predicted molar refractivity (Wildman–Crippen MR) is 190 cm³/mol. The van der Waals surface area contributed by atoms with E-state index in [0.717, 1.165) is 4.90 Å². The van der Waals surface area contributed by atoms with E-state index < -0.39 is 16.7 Å². The zero-order chi connectivity index (χ0) is 34.8. The van der Waals surface area contributed by atoms with Gasteiger partial charge in [0.15, 0.2) is 16.6 Å². The first kappa shape index (κ1) is 34.3. The highest BCUT2D eigenvalue weighted by Gasteiger charge is 2.18. The van der Waals surface area contributed by atoms with Gasteiger partial charge in [-0.3, -0.25) is 24.5 Å². The third kappa shape index (κ3) is 9.09. The lowest BCUT2D eigenvalue weighted by atomic mass is 10.1. The van der Waals surface area contributed by atoms with Crippen LogP contribution in [-0.2, 0) is 9.59 Å². The van der Waals surface area contributed by atoms with Crippen LogP contribution >= 0.6 is 23.1 Å². The van der Waals surface area contributed by atoms with E-state index in [4.69, 9.17) is 9.47 Å². The summed E-state index contributed by atoms with van der Waals surface area (Å²) < 4.78 is 10.9. The van der Waals surface area contributed by atoms with Gasteiger partial charge in [-0.25, -0.2) is 4.98 Å². The SMILES string of the molecule is COc1cccc(/C=C(\NC(=O)c2ccccc2)C(=O)Nc2ccc(SCC(=O)Nc3nc(-c4cccc([N+](=O)[O-])c4)cs3)cc2)c1OC. The highest BCUT2D eigenvalue weighted by molar-refractivity contribution is 8.00. The first-order valence-electron chi connectivity index (χ1n) is 14.6. The molecule has 1 aromatic heterocycles. The molecule has 248 valence electrons. The fraction of sp³-hybridized carbons (Fsp3) is 0.0857. The van der Waals surface area contributed by atoms with Gasteiger partial charge in [0.2, 0.25) is 5.91 Å². The fourth-order valence-corrected chi connectivity index (χ4v) is 5.94. The molecule has 0 saturated carbocycles. The van der Waals surface area contributed by atoms with Gasteiger partial charge in [0, 0.05) is 44.8 Å². The molecule has 0 atom stereocenters. The summed E-state index contributed by atoms with van der Waals surface area (Å²) in [6.45, 7) is 0. The topological polar surface area (TPSA) is 162 Å². The summed E-state index contributed by atoms with van der Waals surface area (Å²) >= 11 is 2.51. The number of rotatable bonds is 13. The Labute approximate surface area is 289 Å². The first-order chi connectivity index (χ1) is 23.7. The van der Waals surface area contributed by atoms with Crippen LogP contribution in [0.5, 0.6) is 11.5 Å². The average Bonchev–Trinajstić information content (AvgIpc) is 3.59. The fourth-order valence-electron chi connectivity index (χ4n) is 4.50. The summed E-state index contributed by atoms with van der Waals surface area (Å²) in [5, 5.41) is 21.4. The van der Waals surface area contributed by atoms with Gasteiger partial charge in [-0.05, 0) is 48.5 Å². The van der Waals surface area contributed by atoms with Crippen LogP contribution in [0.15, 0.2) is 113 Å². The van der Waals surface area contributed by atoms with Crippen LogP contribution in [0.3, 0.4) is 0 Å². The molecule has 0 fully saturated rings. The Morgan fingerprint density at radius 1 is 0.918 bits per heavy atom. The van der Waals surface area contributed by atoms with Crippen LogP contribution in [0.2, 0.25) is 0 Å². The number of anilines is 2. The number of amides is 3. The van der Waals surface area contributed by atoms with Gasteiger partial charge in [0.1, 0.15) is 5.70 Å². The highest BCUT2D eigenvalue weighted by Crippen LogP contribution is 2.32. The van der Waals surface area contributed by atoms with E-state index in [1.807, 2.05) is 0 Å². The number of hydrogen-bond donors (Lipinski definition) is 3. The lowest BCUT2D eigenvalue weighted by Gasteiger charge is -2.14. The van der Waals surface area contributed by atoms with Crippen molar-refractivity contribution in [2.75, 3.05) is 30.6 Å². The second-order valence-electron chi connectivity index (χ2n) is 10.1. The van der Waals surface area contributed by atoms with E-state index in [9.17, 15) is 24.5 Å². The number of nitro groups is 1. The minimum absolute atomic E-state index is 0.0219. The standard InChI is InChI=1S/C35H29N5O7S2/c1-46-30-13-7-11-24(32(30)47-2)19-28(37-33(42)22-8-4-3-5-9-22)34(43)36-25-14-16-27(17-15-25)48-21-31(41)39-35-38-29(20-49-35)23-10-6-12-26(18-23)40(44)45/h3-20H,21H2,1-2H3,(H,36,43)(H,37,42)(H,38,39,41)/b28-19-. The number of carbonyl (C=O) groups excluding carboxylic acids is 3. The molecule has 0 bridgehead atoms. The summed E-state index contributed by atoms with van der Waals surface area (Å²) in [5.41, 5.74) is 2.39. The summed E-state index contributed by atoms with van der Waals surface area (Å²) in [6.07, 6.45) is 1.51. The summed E-state index contributed by atoms with van der Waals surface area (Å²) in [4.78, 5) is 54.9. The number of methoxy groups -OCH3 is 2. The molecule has 14 heteroatoms. The van der Waals surface area contributed by atoms with E-state index in [2.05, 4.69) is 20.9 Å². The Balaban J connectivity index is 1.22. The number of carbonyl (C=O) groups is 3. The van der Waals surface area contributed by atoms with Gasteiger partial charge in [-0.1, -0.05) is 42.5 Å². The molecule has 0 spiro atoms. The summed E-state index contributed by atoms with van der Waals surface area (Å²) in [6, 6.07) is 26.7. The van der Waals surface area contributed by atoms with Crippen molar-refractivity contribution in [1.82, 2.24) is 10.3 Å². The number of non-ortho nitro benzene ring substituents is 1. The van der Waals surface area contributed by atoms with Crippen molar-refractivity contribution in [1.29, 1.82) is 0 Å². The molecule has 3 amide bonds. The van der Waals surface area contributed by atoms with Crippen molar-refractivity contribution in [3.8, 4) is 22.8 Å². The first-order valence-corrected chi connectivity index (χ1v) is 16.4. The maximum absolute atomic E-state index is 13.5. The molecular weight excluding hydrogens is 667 g/mol. The largest absolute Gasteiger partial charge is 0.493 e. The number of ether oxygens (including phenoxy) is 2. The van der Waals surface area contributed by atoms with Crippen molar-refractivity contribution in [2.45, 2.75) is 4.90 Å². The zero-order valence-corrected chi connectivity index (χ0v) is 27.8. The number of aromatic nitrogens is 1. The van der Waals surface area contributed by atoms with Crippen LogP contribution < -0.4 is 25.4 Å². The molecule has 5 aromatic rings. The molecule has 5 rings (SSSR count). The second kappa shape index (κ2) is 16.2. The van der Waals surface area contributed by atoms with Crippen molar-refractivity contribution >= 4 is 63.4 Å². The molecule has 12 nitrogen and oxygen atoms in total. The molecule has 1 heterocycles. The minimum Gasteiger partial charge on any atom is -0.493 e. The Morgan fingerprint density at radius 2 is 1.67 bits per heavy atom. The van der Waals surface area contributed by atoms with E-state index >= 15 is 0 Å². The van der Waals surface area contributed by atoms with Crippen LogP contribution in [0, 0.1) is 10.1 Å². The van der Waals surface area contributed by atoms with Crippen molar-refractivity contribution in [3.63, 3.8) is 0 Å². The zero-order valence-electron chi connectivity index (χ0n) is 26.2. The van der Waals surface area contributed by atoms with E-state index in [0.29, 0.717) is 44.7 Å². The van der Waals surface area contributed by atoms with E-state index in [1.165, 1.54) is 55.5 Å².